The van der Waals surface area contributed by atoms with Gasteiger partial charge in [0.15, 0.2) is 0 Å². The average molecular weight is 235 g/mol. The van der Waals surface area contributed by atoms with E-state index < -0.39 is 0 Å². The Morgan fingerprint density at radius 1 is 1.18 bits per heavy atom. The van der Waals surface area contributed by atoms with E-state index in [1.165, 1.54) is 11.1 Å². The zero-order chi connectivity index (χ0) is 12.8. The van der Waals surface area contributed by atoms with Crippen molar-refractivity contribution in [3.8, 4) is 0 Å². The molecule has 0 bridgehead atoms. The van der Waals surface area contributed by atoms with Crippen molar-refractivity contribution in [3.05, 3.63) is 35.4 Å². The molecule has 0 aliphatic rings. The summed E-state index contributed by atoms with van der Waals surface area (Å²) in [6.45, 7) is 9.52. The van der Waals surface area contributed by atoms with Crippen LogP contribution in [0, 0.1) is 12.8 Å². The molecule has 2 nitrogen and oxygen atoms in total. The molecule has 0 radical (unpaired) electrons. The first kappa shape index (κ1) is 14.2. The van der Waals surface area contributed by atoms with Crippen LogP contribution < -0.4 is 5.32 Å². The van der Waals surface area contributed by atoms with Crippen LogP contribution in [0.15, 0.2) is 24.3 Å². The molecule has 0 aliphatic carbocycles. The second-order valence-electron chi connectivity index (χ2n) is 4.99. The van der Waals surface area contributed by atoms with Gasteiger partial charge in [-0.05, 0) is 37.9 Å². The van der Waals surface area contributed by atoms with Gasteiger partial charge in [-0.15, -0.1) is 0 Å². The second-order valence-corrected chi connectivity index (χ2v) is 4.99. The van der Waals surface area contributed by atoms with E-state index >= 15 is 0 Å². The highest BCUT2D eigenvalue weighted by molar-refractivity contribution is 5.28. The molecule has 96 valence electrons. The summed E-state index contributed by atoms with van der Waals surface area (Å²) in [6.07, 6.45) is 0.409. The van der Waals surface area contributed by atoms with Gasteiger partial charge < -0.3 is 10.1 Å². The first-order valence-corrected chi connectivity index (χ1v) is 6.41. The second kappa shape index (κ2) is 6.77. The van der Waals surface area contributed by atoms with Crippen molar-refractivity contribution in [3.63, 3.8) is 0 Å². The molecule has 0 saturated heterocycles. The van der Waals surface area contributed by atoms with E-state index in [4.69, 9.17) is 4.74 Å². The SMILES string of the molecule is CNCC(OC(C)C(C)C)c1ccccc1C. The Bertz CT molecular complexity index is 335. The first-order chi connectivity index (χ1) is 8.06. The van der Waals surface area contributed by atoms with Crippen molar-refractivity contribution in [2.24, 2.45) is 5.92 Å². The average Bonchev–Trinajstić information content (AvgIpc) is 2.29. The van der Waals surface area contributed by atoms with Crippen molar-refractivity contribution < 1.29 is 4.74 Å². The van der Waals surface area contributed by atoms with Gasteiger partial charge in [0, 0.05) is 6.54 Å². The summed E-state index contributed by atoms with van der Waals surface area (Å²) in [7, 11) is 1.97. The Morgan fingerprint density at radius 2 is 1.82 bits per heavy atom. The van der Waals surface area contributed by atoms with Crippen LogP contribution in [0.1, 0.15) is 38.0 Å². The summed E-state index contributed by atoms with van der Waals surface area (Å²) in [6, 6.07) is 8.45. The molecule has 0 aliphatic heterocycles. The Balaban J connectivity index is 2.82. The van der Waals surface area contributed by atoms with Crippen LogP contribution in [0.4, 0.5) is 0 Å². The third-order valence-corrected chi connectivity index (χ3v) is 3.24. The van der Waals surface area contributed by atoms with Crippen LogP contribution in [-0.2, 0) is 4.74 Å². The maximum atomic E-state index is 6.16. The summed E-state index contributed by atoms with van der Waals surface area (Å²) < 4.78 is 6.16. The van der Waals surface area contributed by atoms with Gasteiger partial charge in [-0.25, -0.2) is 0 Å². The minimum atomic E-state index is 0.138. The molecule has 1 rings (SSSR count). The fourth-order valence-electron chi connectivity index (χ4n) is 1.78. The normalized spacial score (nSPS) is 14.9. The van der Waals surface area contributed by atoms with Gasteiger partial charge in [0.25, 0.3) is 0 Å². The third-order valence-electron chi connectivity index (χ3n) is 3.24. The lowest BCUT2D eigenvalue weighted by atomic mass is 10.0. The van der Waals surface area contributed by atoms with Crippen molar-refractivity contribution in [2.45, 2.75) is 39.9 Å². The molecule has 1 aromatic carbocycles. The fraction of sp³-hybridized carbons (Fsp3) is 0.600. The summed E-state index contributed by atoms with van der Waals surface area (Å²) in [5.74, 6) is 0.540. The zero-order valence-corrected chi connectivity index (χ0v) is 11.7. The smallest absolute Gasteiger partial charge is 0.0955 e. The third kappa shape index (κ3) is 4.14. The van der Waals surface area contributed by atoms with E-state index in [-0.39, 0.29) is 12.2 Å². The van der Waals surface area contributed by atoms with E-state index in [1.54, 1.807) is 0 Å². The highest BCUT2D eigenvalue weighted by Gasteiger charge is 2.18. The fourth-order valence-corrected chi connectivity index (χ4v) is 1.78. The van der Waals surface area contributed by atoms with Crippen LogP contribution in [0.5, 0.6) is 0 Å². The molecular weight excluding hydrogens is 210 g/mol. The van der Waals surface area contributed by atoms with E-state index in [0.29, 0.717) is 5.92 Å². The highest BCUT2D eigenvalue weighted by atomic mass is 16.5. The zero-order valence-electron chi connectivity index (χ0n) is 11.7. The minimum Gasteiger partial charge on any atom is -0.369 e. The lowest BCUT2D eigenvalue weighted by molar-refractivity contribution is -0.0254. The van der Waals surface area contributed by atoms with Crippen molar-refractivity contribution >= 4 is 0 Å². The summed E-state index contributed by atoms with van der Waals surface area (Å²) in [5, 5.41) is 3.21. The van der Waals surface area contributed by atoms with Gasteiger partial charge in [-0.2, -0.15) is 0 Å². The number of rotatable bonds is 6. The molecule has 1 aromatic rings. The molecule has 0 spiro atoms. The topological polar surface area (TPSA) is 21.3 Å². The molecule has 2 unspecified atom stereocenters. The van der Waals surface area contributed by atoms with Gasteiger partial charge >= 0.3 is 0 Å². The Morgan fingerprint density at radius 3 is 2.35 bits per heavy atom. The number of likely N-dealkylation sites (N-methyl/N-ethyl adjacent to an activating group) is 1. The molecular formula is C15H25NO. The largest absolute Gasteiger partial charge is 0.369 e. The van der Waals surface area contributed by atoms with E-state index in [9.17, 15) is 0 Å². The molecule has 2 atom stereocenters. The number of benzene rings is 1. The standard InChI is InChI=1S/C15H25NO/c1-11(2)13(4)17-15(10-16-5)14-9-7-6-8-12(14)3/h6-9,11,13,15-16H,10H2,1-5H3. The van der Waals surface area contributed by atoms with Crippen LogP contribution in [0.3, 0.4) is 0 Å². The number of hydrogen-bond acceptors (Lipinski definition) is 2. The van der Waals surface area contributed by atoms with Crippen molar-refractivity contribution in [2.75, 3.05) is 13.6 Å². The molecule has 0 saturated carbocycles. The first-order valence-electron chi connectivity index (χ1n) is 6.41. The number of aryl methyl sites for hydroxylation is 1. The van der Waals surface area contributed by atoms with Gasteiger partial charge in [0.05, 0.1) is 12.2 Å². The minimum absolute atomic E-state index is 0.138. The van der Waals surface area contributed by atoms with Crippen LogP contribution in [0.2, 0.25) is 0 Å². The van der Waals surface area contributed by atoms with E-state index in [0.717, 1.165) is 6.54 Å². The lowest BCUT2D eigenvalue weighted by Crippen LogP contribution is -2.26. The Labute approximate surface area is 105 Å². The highest BCUT2D eigenvalue weighted by Crippen LogP contribution is 2.23. The lowest BCUT2D eigenvalue weighted by Gasteiger charge is -2.26. The van der Waals surface area contributed by atoms with Crippen LogP contribution in [-0.4, -0.2) is 19.7 Å². The number of hydrogen-bond donors (Lipinski definition) is 1. The van der Waals surface area contributed by atoms with Gasteiger partial charge in [-0.3, -0.25) is 0 Å². The maximum Gasteiger partial charge on any atom is 0.0955 e. The van der Waals surface area contributed by atoms with Crippen LogP contribution in [0.25, 0.3) is 0 Å². The molecule has 17 heavy (non-hydrogen) atoms. The summed E-state index contributed by atoms with van der Waals surface area (Å²) >= 11 is 0. The van der Waals surface area contributed by atoms with Gasteiger partial charge in [0.2, 0.25) is 0 Å². The molecule has 2 heteroatoms. The Kier molecular flexibility index (Phi) is 5.66. The molecule has 1 N–H and O–H groups in total. The van der Waals surface area contributed by atoms with E-state index in [2.05, 4.69) is 57.3 Å². The van der Waals surface area contributed by atoms with Gasteiger partial charge in [-0.1, -0.05) is 38.1 Å². The predicted molar refractivity (Wildman–Crippen MR) is 73.2 cm³/mol. The van der Waals surface area contributed by atoms with Crippen LogP contribution >= 0.6 is 0 Å². The summed E-state index contributed by atoms with van der Waals surface area (Å²) in [5.41, 5.74) is 2.58. The van der Waals surface area contributed by atoms with E-state index in [1.807, 2.05) is 7.05 Å². The molecule has 0 aromatic heterocycles. The predicted octanol–water partition coefficient (Wildman–Crippen LogP) is 3.32. The molecule has 0 fully saturated rings. The quantitative estimate of drug-likeness (QED) is 0.816. The molecule has 0 amide bonds. The number of nitrogens with one attached hydrogen (secondary N) is 1. The van der Waals surface area contributed by atoms with Crippen molar-refractivity contribution in [1.82, 2.24) is 5.32 Å². The monoisotopic (exact) mass is 235 g/mol. The number of ether oxygens (including phenoxy) is 1. The van der Waals surface area contributed by atoms with Gasteiger partial charge in [0.1, 0.15) is 0 Å². The molecule has 0 heterocycles. The summed E-state index contributed by atoms with van der Waals surface area (Å²) in [4.78, 5) is 0. The maximum absolute atomic E-state index is 6.16. The Hall–Kier alpha value is -0.860. The van der Waals surface area contributed by atoms with Crippen molar-refractivity contribution in [1.29, 1.82) is 0 Å².